The fourth-order valence-corrected chi connectivity index (χ4v) is 1.36. The smallest absolute Gasteiger partial charge is 0.230 e. The minimum Gasteiger partial charge on any atom is -0.465 e. The summed E-state index contributed by atoms with van der Waals surface area (Å²) in [6, 6.07) is 5.49. The Morgan fingerprint density at radius 3 is 2.79 bits per heavy atom. The highest BCUT2D eigenvalue weighted by Crippen LogP contribution is 2.17. The molecule has 96 valence electrons. The average Bonchev–Trinajstić information content (AvgIpc) is 2.88. The number of nitriles is 1. The second-order valence-corrected chi connectivity index (χ2v) is 3.90. The molecular weight excluding hydrogens is 244 g/mol. The molecule has 0 aliphatic heterocycles. The van der Waals surface area contributed by atoms with Crippen LogP contribution in [0.2, 0.25) is 0 Å². The van der Waals surface area contributed by atoms with Crippen LogP contribution in [0.5, 0.6) is 0 Å². The molecule has 0 atom stereocenters. The van der Waals surface area contributed by atoms with E-state index in [2.05, 4.69) is 15.0 Å². The van der Waals surface area contributed by atoms with Crippen molar-refractivity contribution < 1.29 is 4.42 Å². The summed E-state index contributed by atoms with van der Waals surface area (Å²) < 4.78 is 5.15. The van der Waals surface area contributed by atoms with E-state index in [1.807, 2.05) is 6.07 Å². The van der Waals surface area contributed by atoms with Gasteiger partial charge in [0.05, 0.1) is 6.26 Å². The SMILES string of the molecule is CN(C)c1nc(N)nc(/C(C#N)=C/c2ccco2)n1. The number of anilines is 2. The third-order valence-corrected chi connectivity index (χ3v) is 2.23. The van der Waals surface area contributed by atoms with Gasteiger partial charge in [0.1, 0.15) is 17.4 Å². The van der Waals surface area contributed by atoms with Crippen molar-refractivity contribution in [2.45, 2.75) is 0 Å². The summed E-state index contributed by atoms with van der Waals surface area (Å²) in [5.74, 6) is 1.22. The second kappa shape index (κ2) is 5.18. The Morgan fingerprint density at radius 2 is 2.21 bits per heavy atom. The van der Waals surface area contributed by atoms with Crippen LogP contribution in [0.15, 0.2) is 22.8 Å². The van der Waals surface area contributed by atoms with E-state index < -0.39 is 0 Å². The van der Waals surface area contributed by atoms with Crippen LogP contribution in [0.3, 0.4) is 0 Å². The number of hydrogen-bond acceptors (Lipinski definition) is 7. The van der Waals surface area contributed by atoms with E-state index in [1.54, 1.807) is 37.2 Å². The van der Waals surface area contributed by atoms with Crippen LogP contribution >= 0.6 is 0 Å². The molecule has 0 aliphatic carbocycles. The van der Waals surface area contributed by atoms with Crippen molar-refractivity contribution in [3.63, 3.8) is 0 Å². The minimum absolute atomic E-state index is 0.0642. The molecular formula is C12H12N6O. The highest BCUT2D eigenvalue weighted by molar-refractivity contribution is 5.86. The van der Waals surface area contributed by atoms with Gasteiger partial charge in [-0.3, -0.25) is 0 Å². The monoisotopic (exact) mass is 256 g/mol. The summed E-state index contributed by atoms with van der Waals surface area (Å²) in [6.07, 6.45) is 3.07. The number of rotatable bonds is 3. The Bertz CT molecular complexity index is 639. The molecule has 2 aromatic rings. The molecule has 7 heteroatoms. The van der Waals surface area contributed by atoms with Crippen molar-refractivity contribution in [2.24, 2.45) is 0 Å². The van der Waals surface area contributed by atoms with Gasteiger partial charge in [0, 0.05) is 20.2 Å². The summed E-state index contributed by atoms with van der Waals surface area (Å²) in [5, 5.41) is 9.18. The highest BCUT2D eigenvalue weighted by Gasteiger charge is 2.11. The topological polar surface area (TPSA) is 105 Å². The van der Waals surface area contributed by atoms with Crippen molar-refractivity contribution in [3.8, 4) is 6.07 Å². The number of nitrogens with zero attached hydrogens (tertiary/aromatic N) is 5. The summed E-state index contributed by atoms with van der Waals surface area (Å²) >= 11 is 0. The van der Waals surface area contributed by atoms with Gasteiger partial charge in [0.2, 0.25) is 11.9 Å². The van der Waals surface area contributed by atoms with Gasteiger partial charge in [-0.25, -0.2) is 0 Å². The summed E-state index contributed by atoms with van der Waals surface area (Å²) in [6.45, 7) is 0. The van der Waals surface area contributed by atoms with Crippen molar-refractivity contribution >= 4 is 23.5 Å². The average molecular weight is 256 g/mol. The van der Waals surface area contributed by atoms with Crippen molar-refractivity contribution in [1.82, 2.24) is 15.0 Å². The number of furan rings is 1. The quantitative estimate of drug-likeness (QED) is 0.822. The lowest BCUT2D eigenvalue weighted by Crippen LogP contribution is -2.15. The molecule has 0 saturated heterocycles. The van der Waals surface area contributed by atoms with Crippen molar-refractivity contribution in [2.75, 3.05) is 24.7 Å². The largest absolute Gasteiger partial charge is 0.465 e. The number of hydrogen-bond donors (Lipinski definition) is 1. The number of nitrogens with two attached hydrogens (primary N) is 1. The first-order valence-corrected chi connectivity index (χ1v) is 5.44. The van der Waals surface area contributed by atoms with Gasteiger partial charge in [-0.1, -0.05) is 0 Å². The fourth-order valence-electron chi connectivity index (χ4n) is 1.36. The summed E-state index contributed by atoms with van der Waals surface area (Å²) in [5.41, 5.74) is 5.87. The van der Waals surface area contributed by atoms with E-state index in [0.29, 0.717) is 11.7 Å². The molecule has 2 heterocycles. The van der Waals surface area contributed by atoms with Crippen molar-refractivity contribution in [1.29, 1.82) is 5.26 Å². The Kier molecular flexibility index (Phi) is 3.43. The maximum Gasteiger partial charge on any atom is 0.230 e. The van der Waals surface area contributed by atoms with E-state index in [9.17, 15) is 5.26 Å². The zero-order chi connectivity index (χ0) is 13.8. The number of allylic oxidation sites excluding steroid dienone is 1. The number of aromatic nitrogens is 3. The molecule has 0 unspecified atom stereocenters. The van der Waals surface area contributed by atoms with Crippen LogP contribution < -0.4 is 10.6 Å². The zero-order valence-electron chi connectivity index (χ0n) is 10.5. The summed E-state index contributed by atoms with van der Waals surface area (Å²) in [7, 11) is 3.56. The maximum atomic E-state index is 9.18. The molecule has 2 rings (SSSR count). The van der Waals surface area contributed by atoms with E-state index >= 15 is 0 Å². The van der Waals surface area contributed by atoms with Crippen LogP contribution in [-0.4, -0.2) is 29.0 Å². The molecule has 0 bridgehead atoms. The molecule has 0 fully saturated rings. The van der Waals surface area contributed by atoms with Gasteiger partial charge in [0.15, 0.2) is 5.82 Å². The fraction of sp³-hybridized carbons (Fsp3) is 0.167. The first kappa shape index (κ1) is 12.6. The molecule has 0 amide bonds. The molecule has 2 aromatic heterocycles. The Labute approximate surface area is 110 Å². The lowest BCUT2D eigenvalue weighted by atomic mass is 10.2. The third-order valence-electron chi connectivity index (χ3n) is 2.23. The zero-order valence-corrected chi connectivity index (χ0v) is 10.5. The van der Waals surface area contributed by atoms with Crippen molar-refractivity contribution in [3.05, 3.63) is 30.0 Å². The first-order valence-electron chi connectivity index (χ1n) is 5.44. The molecule has 19 heavy (non-hydrogen) atoms. The third kappa shape index (κ3) is 2.87. The maximum absolute atomic E-state index is 9.18. The summed E-state index contributed by atoms with van der Waals surface area (Å²) in [4.78, 5) is 13.8. The van der Waals surface area contributed by atoms with Gasteiger partial charge in [-0.15, -0.1) is 0 Å². The van der Waals surface area contributed by atoms with Crippen LogP contribution in [-0.2, 0) is 0 Å². The predicted octanol–water partition coefficient (Wildman–Crippen LogP) is 1.18. The second-order valence-electron chi connectivity index (χ2n) is 3.90. The molecule has 0 radical (unpaired) electrons. The normalized spacial score (nSPS) is 11.1. The molecule has 2 N–H and O–H groups in total. The predicted molar refractivity (Wildman–Crippen MR) is 70.8 cm³/mol. The first-order chi connectivity index (χ1) is 9.10. The van der Waals surface area contributed by atoms with E-state index in [1.165, 1.54) is 6.26 Å². The van der Waals surface area contributed by atoms with Gasteiger partial charge < -0.3 is 15.1 Å². The molecule has 0 aliphatic rings. The number of nitrogen functional groups attached to an aromatic ring is 1. The lowest BCUT2D eigenvalue weighted by molar-refractivity contribution is 0.557. The standard InChI is InChI=1S/C12H12N6O/c1-18(2)12-16-10(15-11(14)17-12)8(7-13)6-9-4-3-5-19-9/h3-6H,1-2H3,(H2,14,15,16,17)/b8-6+. The van der Waals surface area contributed by atoms with Gasteiger partial charge in [-0.2, -0.15) is 20.2 Å². The highest BCUT2D eigenvalue weighted by atomic mass is 16.3. The Morgan fingerprint density at radius 1 is 1.42 bits per heavy atom. The van der Waals surface area contributed by atoms with Crippen LogP contribution in [0.1, 0.15) is 11.6 Å². The minimum atomic E-state index is 0.0642. The van der Waals surface area contributed by atoms with Crippen LogP contribution in [0, 0.1) is 11.3 Å². The van der Waals surface area contributed by atoms with Crippen LogP contribution in [0.25, 0.3) is 11.6 Å². The molecule has 7 nitrogen and oxygen atoms in total. The molecule has 0 spiro atoms. The Hall–Kier alpha value is -2.88. The van der Waals surface area contributed by atoms with E-state index in [-0.39, 0.29) is 17.3 Å². The Balaban J connectivity index is 2.47. The van der Waals surface area contributed by atoms with Gasteiger partial charge >= 0.3 is 0 Å². The molecule has 0 aromatic carbocycles. The van der Waals surface area contributed by atoms with Gasteiger partial charge in [-0.05, 0) is 12.1 Å². The van der Waals surface area contributed by atoms with Crippen LogP contribution in [0.4, 0.5) is 11.9 Å². The lowest BCUT2D eigenvalue weighted by Gasteiger charge is -2.10. The van der Waals surface area contributed by atoms with Gasteiger partial charge in [0.25, 0.3) is 0 Å². The molecule has 0 saturated carbocycles. The van der Waals surface area contributed by atoms with E-state index in [0.717, 1.165) is 0 Å². The van der Waals surface area contributed by atoms with E-state index in [4.69, 9.17) is 10.2 Å².